The highest BCUT2D eigenvalue weighted by Crippen LogP contribution is 2.44. The van der Waals surface area contributed by atoms with Crippen molar-refractivity contribution in [2.75, 3.05) is 10.6 Å². The van der Waals surface area contributed by atoms with Crippen molar-refractivity contribution in [2.24, 2.45) is 0 Å². The highest BCUT2D eigenvalue weighted by Gasteiger charge is 2.36. The predicted molar refractivity (Wildman–Crippen MR) is 123 cm³/mol. The van der Waals surface area contributed by atoms with Crippen LogP contribution in [0.1, 0.15) is 35.9 Å². The second-order valence-corrected chi connectivity index (χ2v) is 8.65. The van der Waals surface area contributed by atoms with Gasteiger partial charge in [0.1, 0.15) is 0 Å². The Labute approximate surface area is 185 Å². The van der Waals surface area contributed by atoms with Gasteiger partial charge in [0, 0.05) is 27.7 Å². The molecule has 0 saturated carbocycles. The summed E-state index contributed by atoms with van der Waals surface area (Å²) in [6, 6.07) is 23.3. The Morgan fingerprint density at radius 1 is 0.767 bits per heavy atom. The van der Waals surface area contributed by atoms with Crippen LogP contribution in [-0.2, 0) is 4.79 Å². The average molecular weight is 435 g/mol. The zero-order valence-corrected chi connectivity index (χ0v) is 17.7. The van der Waals surface area contributed by atoms with E-state index in [2.05, 4.69) is 10.6 Å². The van der Waals surface area contributed by atoms with Crippen LogP contribution in [0.15, 0.2) is 84.1 Å². The molecule has 5 heteroatoms. The number of anilines is 2. The van der Waals surface area contributed by atoms with Crippen molar-refractivity contribution in [3.63, 3.8) is 0 Å². The number of benzene rings is 3. The normalized spacial score (nSPS) is 20.5. The van der Waals surface area contributed by atoms with Crippen LogP contribution in [0.25, 0.3) is 0 Å². The van der Waals surface area contributed by atoms with Gasteiger partial charge in [-0.3, -0.25) is 4.79 Å². The summed E-state index contributed by atoms with van der Waals surface area (Å²) in [5, 5.41) is 8.49. The van der Waals surface area contributed by atoms with Gasteiger partial charge in [-0.1, -0.05) is 59.6 Å². The zero-order chi connectivity index (χ0) is 20.7. The number of hydrogen-bond acceptors (Lipinski definition) is 3. The molecule has 150 valence electrons. The van der Waals surface area contributed by atoms with E-state index < -0.39 is 0 Å². The molecule has 0 radical (unpaired) electrons. The van der Waals surface area contributed by atoms with Crippen LogP contribution in [0.3, 0.4) is 0 Å². The molecule has 30 heavy (non-hydrogen) atoms. The van der Waals surface area contributed by atoms with Crippen molar-refractivity contribution in [1.29, 1.82) is 0 Å². The molecule has 3 aromatic carbocycles. The molecule has 0 unspecified atom stereocenters. The lowest BCUT2D eigenvalue weighted by atomic mass is 9.78. The summed E-state index contributed by atoms with van der Waals surface area (Å²) in [6.45, 7) is 0. The predicted octanol–water partition coefficient (Wildman–Crippen LogP) is 6.97. The lowest BCUT2D eigenvalue weighted by Gasteiger charge is -2.30. The molecule has 1 aliphatic carbocycles. The monoisotopic (exact) mass is 434 g/mol. The quantitative estimate of drug-likeness (QED) is 0.457. The molecule has 1 aliphatic heterocycles. The highest BCUT2D eigenvalue weighted by molar-refractivity contribution is 6.30. The maximum Gasteiger partial charge on any atom is 0.163 e. The number of rotatable bonds is 2. The van der Waals surface area contributed by atoms with Gasteiger partial charge in [-0.2, -0.15) is 0 Å². The summed E-state index contributed by atoms with van der Waals surface area (Å²) in [7, 11) is 0. The standard InChI is InChI=1S/C25H20Cl2N2O/c26-18-10-8-15(9-11-18)17-13-22-24(23(30)14-17)25(16-4-3-5-19(27)12-16)29-21-7-2-1-6-20(21)28-22/h1-12,17,25,28-29H,13-14H2/t17-,25-/m1/s1. The number of para-hydroxylation sites is 2. The van der Waals surface area contributed by atoms with Gasteiger partial charge in [0.25, 0.3) is 0 Å². The second-order valence-electron chi connectivity index (χ2n) is 7.78. The fraction of sp³-hybridized carbons (Fsp3) is 0.160. The van der Waals surface area contributed by atoms with Crippen LogP contribution in [0.4, 0.5) is 11.4 Å². The number of fused-ring (bicyclic) bond motifs is 1. The third-order valence-electron chi connectivity index (χ3n) is 5.83. The lowest BCUT2D eigenvalue weighted by molar-refractivity contribution is -0.116. The molecule has 0 fully saturated rings. The summed E-state index contributed by atoms with van der Waals surface area (Å²) >= 11 is 12.3. The Morgan fingerprint density at radius 3 is 2.30 bits per heavy atom. The summed E-state index contributed by atoms with van der Waals surface area (Å²) in [5.41, 5.74) is 5.80. The summed E-state index contributed by atoms with van der Waals surface area (Å²) < 4.78 is 0. The van der Waals surface area contributed by atoms with E-state index in [1.165, 1.54) is 0 Å². The molecule has 0 bridgehead atoms. The van der Waals surface area contributed by atoms with Crippen molar-refractivity contribution in [3.8, 4) is 0 Å². The number of Topliss-reactive ketones (excluding diaryl/α,β-unsaturated/α-hetero) is 1. The first-order valence-electron chi connectivity index (χ1n) is 9.98. The number of carbonyl (C=O) groups excluding carboxylic acids is 1. The highest BCUT2D eigenvalue weighted by atomic mass is 35.5. The molecule has 5 rings (SSSR count). The van der Waals surface area contributed by atoms with E-state index in [1.807, 2.05) is 72.8 Å². The number of carbonyl (C=O) groups is 1. The first-order valence-corrected chi connectivity index (χ1v) is 10.7. The maximum atomic E-state index is 13.5. The molecule has 1 heterocycles. The minimum atomic E-state index is -0.256. The van der Waals surface area contributed by atoms with Gasteiger partial charge >= 0.3 is 0 Å². The van der Waals surface area contributed by atoms with E-state index >= 15 is 0 Å². The largest absolute Gasteiger partial charge is 0.372 e. The maximum absolute atomic E-state index is 13.5. The first-order chi connectivity index (χ1) is 14.6. The average Bonchev–Trinajstić information content (AvgIpc) is 2.91. The molecule has 3 aromatic rings. The summed E-state index contributed by atoms with van der Waals surface area (Å²) in [6.07, 6.45) is 1.23. The van der Waals surface area contributed by atoms with Gasteiger partial charge in [0.2, 0.25) is 0 Å². The van der Waals surface area contributed by atoms with E-state index in [0.717, 1.165) is 40.2 Å². The minimum absolute atomic E-state index is 0.117. The van der Waals surface area contributed by atoms with Gasteiger partial charge in [0.15, 0.2) is 5.78 Å². The molecule has 2 N–H and O–H groups in total. The second kappa shape index (κ2) is 7.82. The Bertz CT molecular complexity index is 1150. The molecule has 3 nitrogen and oxygen atoms in total. The molecule has 2 aliphatic rings. The number of ketones is 1. The van der Waals surface area contributed by atoms with Crippen molar-refractivity contribution >= 4 is 40.4 Å². The van der Waals surface area contributed by atoms with Crippen LogP contribution >= 0.6 is 23.2 Å². The number of halogens is 2. The number of nitrogens with one attached hydrogen (secondary N) is 2. The van der Waals surface area contributed by atoms with Crippen LogP contribution in [0, 0.1) is 0 Å². The van der Waals surface area contributed by atoms with Crippen LogP contribution < -0.4 is 10.6 Å². The van der Waals surface area contributed by atoms with Crippen LogP contribution in [0.2, 0.25) is 10.0 Å². The Balaban J connectivity index is 1.61. The fourth-order valence-corrected chi connectivity index (χ4v) is 4.72. The molecular weight excluding hydrogens is 415 g/mol. The van der Waals surface area contributed by atoms with Crippen LogP contribution in [-0.4, -0.2) is 5.78 Å². The van der Waals surface area contributed by atoms with Gasteiger partial charge in [-0.15, -0.1) is 0 Å². The van der Waals surface area contributed by atoms with E-state index in [1.54, 1.807) is 0 Å². The minimum Gasteiger partial charge on any atom is -0.372 e. The fourth-order valence-electron chi connectivity index (χ4n) is 4.40. The van der Waals surface area contributed by atoms with Gasteiger partial charge < -0.3 is 10.6 Å². The van der Waals surface area contributed by atoms with Crippen molar-refractivity contribution < 1.29 is 4.79 Å². The van der Waals surface area contributed by atoms with Crippen molar-refractivity contribution in [3.05, 3.63) is 105 Å². The summed E-state index contributed by atoms with van der Waals surface area (Å²) in [4.78, 5) is 13.5. The molecule has 0 aromatic heterocycles. The van der Waals surface area contributed by atoms with Crippen molar-refractivity contribution in [2.45, 2.75) is 24.8 Å². The van der Waals surface area contributed by atoms with Crippen LogP contribution in [0.5, 0.6) is 0 Å². The Hall–Kier alpha value is -2.75. The lowest BCUT2D eigenvalue weighted by Crippen LogP contribution is -2.26. The van der Waals surface area contributed by atoms with Crippen molar-refractivity contribution in [1.82, 2.24) is 0 Å². The third-order valence-corrected chi connectivity index (χ3v) is 6.32. The molecular formula is C25H20Cl2N2O. The van der Waals surface area contributed by atoms with E-state index in [9.17, 15) is 4.79 Å². The molecule has 0 amide bonds. The first kappa shape index (κ1) is 19.2. The Morgan fingerprint density at radius 2 is 1.53 bits per heavy atom. The SMILES string of the molecule is O=C1C[C@H](c2ccc(Cl)cc2)CC2=C1[C@@H](c1cccc(Cl)c1)Nc1ccccc1N2. The van der Waals surface area contributed by atoms with Gasteiger partial charge in [-0.05, 0) is 59.9 Å². The third kappa shape index (κ3) is 3.60. The topological polar surface area (TPSA) is 41.1 Å². The number of hydrogen-bond donors (Lipinski definition) is 2. The van der Waals surface area contributed by atoms with E-state index in [0.29, 0.717) is 16.5 Å². The molecule has 2 atom stereocenters. The molecule has 0 spiro atoms. The van der Waals surface area contributed by atoms with E-state index in [4.69, 9.17) is 23.2 Å². The summed E-state index contributed by atoms with van der Waals surface area (Å²) in [5.74, 6) is 0.264. The van der Waals surface area contributed by atoms with E-state index in [-0.39, 0.29) is 17.7 Å². The zero-order valence-electron chi connectivity index (χ0n) is 16.2. The smallest absolute Gasteiger partial charge is 0.163 e. The Kier molecular flexibility index (Phi) is 5.01. The molecule has 0 saturated heterocycles. The van der Waals surface area contributed by atoms with Gasteiger partial charge in [-0.25, -0.2) is 0 Å². The van der Waals surface area contributed by atoms with Gasteiger partial charge in [0.05, 0.1) is 17.4 Å². The number of allylic oxidation sites excluding steroid dienone is 1.